The summed E-state index contributed by atoms with van der Waals surface area (Å²) in [5.41, 5.74) is 0. The van der Waals surface area contributed by atoms with Crippen LogP contribution in [0.25, 0.3) is 0 Å². The van der Waals surface area contributed by atoms with Gasteiger partial charge >= 0.3 is 5.97 Å². The molecule has 0 heterocycles. The Bertz CT molecular complexity index is 252. The minimum absolute atomic E-state index is 0. The molecule has 134 valence electrons. The van der Waals surface area contributed by atoms with Crippen LogP contribution in [-0.4, -0.2) is 38.3 Å². The molecule has 0 bridgehead atoms. The Labute approximate surface area is 144 Å². The fourth-order valence-corrected chi connectivity index (χ4v) is 2.27. The molecule has 0 aromatic carbocycles. The third-order valence-electron chi connectivity index (χ3n) is 3.60. The molecule has 0 unspecified atom stereocenters. The van der Waals surface area contributed by atoms with E-state index in [0.29, 0.717) is 17.6 Å². The van der Waals surface area contributed by atoms with E-state index in [1.54, 1.807) is 0 Å². The fourth-order valence-electron chi connectivity index (χ4n) is 2.27. The molecule has 0 atom stereocenters. The molecule has 4 heteroatoms. The number of rotatable bonds is 14. The van der Waals surface area contributed by atoms with E-state index in [9.17, 15) is 4.79 Å². The number of nitrogens with zero attached hydrogens (tertiary/aromatic N) is 1. The predicted octanol–water partition coefficient (Wildman–Crippen LogP) is 1.90. The molecule has 0 aromatic rings. The van der Waals surface area contributed by atoms with Gasteiger partial charge in [0.2, 0.25) is 6.73 Å². The summed E-state index contributed by atoms with van der Waals surface area (Å²) < 4.78 is 5.90. The second kappa shape index (κ2) is 15.6. The zero-order valence-electron chi connectivity index (χ0n) is 15.3. The molecular formula is C18H38ClNO2. The minimum atomic E-state index is -0.0426. The van der Waals surface area contributed by atoms with Crippen molar-refractivity contribution in [2.75, 3.05) is 27.9 Å². The van der Waals surface area contributed by atoms with Crippen LogP contribution in [0.15, 0.2) is 0 Å². The second-order valence-corrected chi connectivity index (χ2v) is 7.22. The Morgan fingerprint density at radius 3 is 1.59 bits per heavy atom. The molecular weight excluding hydrogens is 298 g/mol. The van der Waals surface area contributed by atoms with Gasteiger partial charge in [-0.3, -0.25) is 9.28 Å². The number of esters is 1. The first-order chi connectivity index (χ1) is 9.95. The molecule has 0 spiro atoms. The molecule has 0 rings (SSSR count). The molecule has 0 aliphatic heterocycles. The summed E-state index contributed by atoms with van der Waals surface area (Å²) >= 11 is 0. The number of hydrogen-bond donors (Lipinski definition) is 0. The highest BCUT2D eigenvalue weighted by molar-refractivity contribution is 5.69. The van der Waals surface area contributed by atoms with Crippen molar-refractivity contribution in [2.45, 2.75) is 84.0 Å². The van der Waals surface area contributed by atoms with Gasteiger partial charge in [0.1, 0.15) is 0 Å². The Balaban J connectivity index is 0. The summed E-state index contributed by atoms with van der Waals surface area (Å²) in [5, 5.41) is 0. The average Bonchev–Trinajstić information content (AvgIpc) is 2.42. The van der Waals surface area contributed by atoms with Crippen LogP contribution in [0.5, 0.6) is 0 Å². The Morgan fingerprint density at radius 1 is 0.773 bits per heavy atom. The van der Waals surface area contributed by atoms with Gasteiger partial charge in [0, 0.05) is 6.42 Å². The van der Waals surface area contributed by atoms with Crippen LogP contribution in [0.2, 0.25) is 0 Å². The standard InChI is InChI=1S/C18H38NO2.ClH/c1-5-6-7-8-9-10-11-12-13-14-15-16-18(20)21-17-19(2,3)4;/h5-17H2,1-4H3;1H/q+1;/p-1. The van der Waals surface area contributed by atoms with Gasteiger partial charge in [-0.2, -0.15) is 0 Å². The lowest BCUT2D eigenvalue weighted by Crippen LogP contribution is -3.00. The smallest absolute Gasteiger partial charge is 0.310 e. The van der Waals surface area contributed by atoms with E-state index in [0.717, 1.165) is 12.8 Å². The molecule has 0 saturated heterocycles. The molecule has 3 nitrogen and oxygen atoms in total. The highest BCUT2D eigenvalue weighted by Gasteiger charge is 2.10. The van der Waals surface area contributed by atoms with Gasteiger partial charge in [0.15, 0.2) is 0 Å². The quantitative estimate of drug-likeness (QED) is 0.210. The Hall–Kier alpha value is -0.280. The first kappa shape index (κ1) is 24.0. The lowest BCUT2D eigenvalue weighted by molar-refractivity contribution is -0.888. The number of hydrogen-bond acceptors (Lipinski definition) is 2. The molecule has 0 aromatic heterocycles. The molecule has 0 saturated carbocycles. The van der Waals surface area contributed by atoms with Crippen LogP contribution < -0.4 is 12.4 Å². The number of quaternary nitrogens is 1. The zero-order chi connectivity index (χ0) is 16.0. The lowest BCUT2D eigenvalue weighted by atomic mass is 10.1. The number of halogens is 1. The number of carbonyl (C=O) groups excluding carboxylic acids is 1. The van der Waals surface area contributed by atoms with Crippen molar-refractivity contribution in [1.29, 1.82) is 0 Å². The van der Waals surface area contributed by atoms with Gasteiger partial charge < -0.3 is 17.1 Å². The molecule has 22 heavy (non-hydrogen) atoms. The van der Waals surface area contributed by atoms with Gasteiger partial charge in [-0.05, 0) is 6.42 Å². The third-order valence-corrected chi connectivity index (χ3v) is 3.60. The van der Waals surface area contributed by atoms with Gasteiger partial charge in [-0.15, -0.1) is 0 Å². The van der Waals surface area contributed by atoms with E-state index in [1.165, 1.54) is 57.8 Å². The highest BCUT2D eigenvalue weighted by Crippen LogP contribution is 2.12. The van der Waals surface area contributed by atoms with Crippen LogP contribution in [-0.2, 0) is 9.53 Å². The minimum Gasteiger partial charge on any atom is -1.00 e. The number of unbranched alkanes of at least 4 members (excludes halogenated alkanes) is 10. The first-order valence-corrected chi connectivity index (χ1v) is 8.92. The third kappa shape index (κ3) is 19.7. The fraction of sp³-hybridized carbons (Fsp3) is 0.944. The van der Waals surface area contributed by atoms with Crippen LogP contribution in [0.3, 0.4) is 0 Å². The average molecular weight is 336 g/mol. The predicted molar refractivity (Wildman–Crippen MR) is 90.1 cm³/mol. The Morgan fingerprint density at radius 2 is 1.18 bits per heavy atom. The van der Waals surface area contributed by atoms with E-state index >= 15 is 0 Å². The molecule has 0 amide bonds. The summed E-state index contributed by atoms with van der Waals surface area (Å²) in [6, 6.07) is 0. The second-order valence-electron chi connectivity index (χ2n) is 7.22. The van der Waals surface area contributed by atoms with E-state index in [2.05, 4.69) is 6.92 Å². The highest BCUT2D eigenvalue weighted by atomic mass is 35.5. The van der Waals surface area contributed by atoms with Crippen LogP contribution in [0.1, 0.15) is 84.0 Å². The van der Waals surface area contributed by atoms with Gasteiger partial charge in [-0.25, -0.2) is 0 Å². The van der Waals surface area contributed by atoms with Crippen LogP contribution in [0, 0.1) is 0 Å². The van der Waals surface area contributed by atoms with E-state index in [-0.39, 0.29) is 18.4 Å². The summed E-state index contributed by atoms with van der Waals surface area (Å²) in [4.78, 5) is 11.5. The molecule has 0 N–H and O–H groups in total. The monoisotopic (exact) mass is 335 g/mol. The van der Waals surface area contributed by atoms with Crippen molar-refractivity contribution in [3.8, 4) is 0 Å². The van der Waals surface area contributed by atoms with Crippen molar-refractivity contribution >= 4 is 5.97 Å². The summed E-state index contributed by atoms with van der Waals surface area (Å²) in [7, 11) is 6.07. The van der Waals surface area contributed by atoms with E-state index in [4.69, 9.17) is 4.74 Å². The zero-order valence-corrected chi connectivity index (χ0v) is 16.1. The van der Waals surface area contributed by atoms with Crippen molar-refractivity contribution < 1.29 is 26.4 Å². The maximum absolute atomic E-state index is 11.5. The van der Waals surface area contributed by atoms with Crippen LogP contribution in [0.4, 0.5) is 0 Å². The van der Waals surface area contributed by atoms with Crippen molar-refractivity contribution in [2.24, 2.45) is 0 Å². The van der Waals surface area contributed by atoms with E-state index < -0.39 is 0 Å². The van der Waals surface area contributed by atoms with Gasteiger partial charge in [-0.1, -0.05) is 71.1 Å². The first-order valence-electron chi connectivity index (χ1n) is 8.92. The number of ether oxygens (including phenoxy) is 1. The van der Waals surface area contributed by atoms with Crippen LogP contribution >= 0.6 is 0 Å². The summed E-state index contributed by atoms with van der Waals surface area (Å²) in [5.74, 6) is -0.0426. The van der Waals surface area contributed by atoms with Gasteiger partial charge in [0.05, 0.1) is 21.1 Å². The van der Waals surface area contributed by atoms with Crippen molar-refractivity contribution in [3.63, 3.8) is 0 Å². The SMILES string of the molecule is CCCCCCCCCCCCCC(=O)OC[N+](C)(C)C.[Cl-]. The largest absolute Gasteiger partial charge is 1.00 e. The number of carbonyl (C=O) groups is 1. The summed E-state index contributed by atoms with van der Waals surface area (Å²) in [6.07, 6.45) is 15.0. The summed E-state index contributed by atoms with van der Waals surface area (Å²) in [6.45, 7) is 2.73. The van der Waals surface area contributed by atoms with E-state index in [1.807, 2.05) is 21.1 Å². The normalized spacial score (nSPS) is 11.1. The topological polar surface area (TPSA) is 26.3 Å². The molecule has 0 radical (unpaired) electrons. The van der Waals surface area contributed by atoms with Gasteiger partial charge in [0.25, 0.3) is 0 Å². The maximum Gasteiger partial charge on any atom is 0.310 e. The lowest BCUT2D eigenvalue weighted by Gasteiger charge is -2.22. The maximum atomic E-state index is 11.5. The molecule has 0 fully saturated rings. The molecule has 0 aliphatic carbocycles. The van der Waals surface area contributed by atoms with Crippen molar-refractivity contribution in [3.05, 3.63) is 0 Å². The Kier molecular flexibility index (Phi) is 17.0. The van der Waals surface area contributed by atoms with Crippen molar-refractivity contribution in [1.82, 2.24) is 0 Å². The molecule has 0 aliphatic rings.